The van der Waals surface area contributed by atoms with Crippen LogP contribution in [-0.4, -0.2) is 38.8 Å². The Balaban J connectivity index is 2.72. The van der Waals surface area contributed by atoms with Crippen molar-refractivity contribution >= 4 is 11.7 Å². The van der Waals surface area contributed by atoms with Crippen molar-refractivity contribution in [2.24, 2.45) is 0 Å². The number of nitrogens with one attached hydrogen (secondary N) is 1. The molecule has 19 heavy (non-hydrogen) atoms. The fourth-order valence-electron chi connectivity index (χ4n) is 1.81. The monoisotopic (exact) mass is 268 g/mol. The largest absolute Gasteiger partial charge is 0.468 e. The van der Waals surface area contributed by atoms with Gasteiger partial charge in [0.25, 0.3) is 0 Å². The highest BCUT2D eigenvalue weighted by atomic mass is 19.1. The molecule has 1 aromatic rings. The van der Waals surface area contributed by atoms with E-state index in [2.05, 4.69) is 5.32 Å². The van der Waals surface area contributed by atoms with Crippen molar-refractivity contribution in [3.8, 4) is 0 Å². The number of rotatable bonds is 6. The second-order valence-corrected chi connectivity index (χ2v) is 4.75. The van der Waals surface area contributed by atoms with E-state index in [1.54, 1.807) is 12.1 Å². The summed E-state index contributed by atoms with van der Waals surface area (Å²) < 4.78 is 17.6. The molecule has 5 heteroatoms. The van der Waals surface area contributed by atoms with Crippen molar-refractivity contribution in [2.75, 3.05) is 25.6 Å². The van der Waals surface area contributed by atoms with Crippen molar-refractivity contribution in [3.05, 3.63) is 30.1 Å². The van der Waals surface area contributed by atoms with Crippen LogP contribution in [-0.2, 0) is 9.53 Å². The maximum absolute atomic E-state index is 12.9. The molecule has 0 saturated carbocycles. The lowest BCUT2D eigenvalue weighted by atomic mass is 10.2. The minimum atomic E-state index is -0.417. The van der Waals surface area contributed by atoms with Gasteiger partial charge in [0.2, 0.25) is 0 Å². The van der Waals surface area contributed by atoms with E-state index in [9.17, 15) is 9.18 Å². The van der Waals surface area contributed by atoms with E-state index in [-0.39, 0.29) is 17.8 Å². The normalized spacial score (nSPS) is 12.3. The number of hydrogen-bond donors (Lipinski definition) is 1. The number of anilines is 1. The molecular weight excluding hydrogens is 247 g/mol. The smallest absolute Gasteiger partial charge is 0.324 e. The zero-order valence-electron chi connectivity index (χ0n) is 11.8. The minimum Gasteiger partial charge on any atom is -0.468 e. The van der Waals surface area contributed by atoms with Gasteiger partial charge in [-0.05, 0) is 24.3 Å². The predicted molar refractivity (Wildman–Crippen MR) is 73.7 cm³/mol. The zero-order chi connectivity index (χ0) is 14.4. The molecule has 0 spiro atoms. The molecule has 1 atom stereocenters. The average molecular weight is 268 g/mol. The number of hydrogen-bond acceptors (Lipinski definition) is 4. The van der Waals surface area contributed by atoms with Gasteiger partial charge in [0.15, 0.2) is 0 Å². The predicted octanol–water partition coefficient (Wildman–Crippen LogP) is 1.80. The summed E-state index contributed by atoms with van der Waals surface area (Å²) in [7, 11) is 3.22. The van der Waals surface area contributed by atoms with E-state index in [0.29, 0.717) is 6.54 Å². The third-order valence-corrected chi connectivity index (χ3v) is 2.74. The second kappa shape index (κ2) is 7.09. The topological polar surface area (TPSA) is 41.6 Å². The fourth-order valence-corrected chi connectivity index (χ4v) is 1.81. The first-order valence-electron chi connectivity index (χ1n) is 6.24. The molecule has 0 fully saturated rings. The van der Waals surface area contributed by atoms with Gasteiger partial charge in [-0.1, -0.05) is 13.8 Å². The molecule has 1 unspecified atom stereocenters. The summed E-state index contributed by atoms with van der Waals surface area (Å²) in [5.41, 5.74) is 0.848. The van der Waals surface area contributed by atoms with Crippen LogP contribution in [0.25, 0.3) is 0 Å². The average Bonchev–Trinajstić information content (AvgIpc) is 2.37. The van der Waals surface area contributed by atoms with Crippen LogP contribution in [0.5, 0.6) is 0 Å². The highest BCUT2D eigenvalue weighted by Gasteiger charge is 2.21. The van der Waals surface area contributed by atoms with Crippen LogP contribution < -0.4 is 10.2 Å². The molecule has 0 aromatic heterocycles. The standard InChI is InChI=1S/C14H21FN2O2/c1-10(2)16-13(14(18)19-4)9-17(3)12-7-5-11(15)6-8-12/h5-8,10,13,16H,9H2,1-4H3. The molecule has 0 aliphatic heterocycles. The van der Waals surface area contributed by atoms with E-state index in [4.69, 9.17) is 4.74 Å². The van der Waals surface area contributed by atoms with Crippen molar-refractivity contribution < 1.29 is 13.9 Å². The Hall–Kier alpha value is -1.62. The van der Waals surface area contributed by atoms with Gasteiger partial charge in [0.05, 0.1) is 7.11 Å². The second-order valence-electron chi connectivity index (χ2n) is 4.75. The third-order valence-electron chi connectivity index (χ3n) is 2.74. The first-order valence-corrected chi connectivity index (χ1v) is 6.24. The van der Waals surface area contributed by atoms with E-state index < -0.39 is 6.04 Å². The van der Waals surface area contributed by atoms with Crippen LogP contribution in [0.2, 0.25) is 0 Å². The Morgan fingerprint density at radius 1 is 1.37 bits per heavy atom. The summed E-state index contributed by atoms with van der Waals surface area (Å²) in [4.78, 5) is 13.6. The molecule has 1 aromatic carbocycles. The Morgan fingerprint density at radius 3 is 2.42 bits per heavy atom. The van der Waals surface area contributed by atoms with Gasteiger partial charge in [-0.3, -0.25) is 4.79 Å². The quantitative estimate of drug-likeness (QED) is 0.799. The van der Waals surface area contributed by atoms with Gasteiger partial charge in [-0.15, -0.1) is 0 Å². The Labute approximate surface area is 113 Å². The van der Waals surface area contributed by atoms with Gasteiger partial charge in [0.1, 0.15) is 11.9 Å². The maximum atomic E-state index is 12.9. The van der Waals surface area contributed by atoms with Gasteiger partial charge >= 0.3 is 5.97 Å². The number of likely N-dealkylation sites (N-methyl/N-ethyl adjacent to an activating group) is 1. The Morgan fingerprint density at radius 2 is 1.95 bits per heavy atom. The number of esters is 1. The van der Waals surface area contributed by atoms with Crippen LogP contribution in [0.4, 0.5) is 10.1 Å². The Kier molecular flexibility index (Phi) is 5.76. The SMILES string of the molecule is COC(=O)C(CN(C)c1ccc(F)cc1)NC(C)C. The van der Waals surface area contributed by atoms with Crippen molar-refractivity contribution in [1.82, 2.24) is 5.32 Å². The summed E-state index contributed by atoms with van der Waals surface area (Å²) in [6.45, 7) is 4.39. The van der Waals surface area contributed by atoms with Crippen LogP contribution in [0.3, 0.4) is 0 Å². The van der Waals surface area contributed by atoms with Gasteiger partial charge in [0, 0.05) is 25.3 Å². The van der Waals surface area contributed by atoms with E-state index in [0.717, 1.165) is 5.69 Å². The molecule has 4 nitrogen and oxygen atoms in total. The number of carbonyl (C=O) groups excluding carboxylic acids is 1. The number of carbonyl (C=O) groups is 1. The number of halogens is 1. The summed E-state index contributed by atoms with van der Waals surface area (Å²) in [5, 5.41) is 3.15. The van der Waals surface area contributed by atoms with E-state index >= 15 is 0 Å². The molecule has 1 N–H and O–H groups in total. The molecule has 0 heterocycles. The van der Waals surface area contributed by atoms with Gasteiger partial charge < -0.3 is 15.0 Å². The molecule has 1 rings (SSSR count). The number of methoxy groups -OCH3 is 1. The van der Waals surface area contributed by atoms with E-state index in [1.165, 1.54) is 19.2 Å². The molecule has 0 bridgehead atoms. The number of benzene rings is 1. The summed E-state index contributed by atoms with van der Waals surface area (Å²) in [5.74, 6) is -0.579. The lowest BCUT2D eigenvalue weighted by molar-refractivity contribution is -0.143. The maximum Gasteiger partial charge on any atom is 0.324 e. The summed E-state index contributed by atoms with van der Waals surface area (Å²) >= 11 is 0. The van der Waals surface area contributed by atoms with Crippen molar-refractivity contribution in [1.29, 1.82) is 0 Å². The van der Waals surface area contributed by atoms with Crippen molar-refractivity contribution in [3.63, 3.8) is 0 Å². The van der Waals surface area contributed by atoms with Crippen molar-refractivity contribution in [2.45, 2.75) is 25.9 Å². The van der Waals surface area contributed by atoms with Crippen LogP contribution in [0.1, 0.15) is 13.8 Å². The van der Waals surface area contributed by atoms with Crippen LogP contribution in [0, 0.1) is 5.82 Å². The molecule has 0 amide bonds. The third kappa shape index (κ3) is 4.87. The lowest BCUT2D eigenvalue weighted by Crippen LogP contribution is -2.48. The first kappa shape index (κ1) is 15.4. The lowest BCUT2D eigenvalue weighted by Gasteiger charge is -2.26. The first-order chi connectivity index (χ1) is 8.93. The fraction of sp³-hybridized carbons (Fsp3) is 0.500. The summed E-state index contributed by atoms with van der Waals surface area (Å²) in [6.07, 6.45) is 0. The number of ether oxygens (including phenoxy) is 1. The van der Waals surface area contributed by atoms with Crippen LogP contribution in [0.15, 0.2) is 24.3 Å². The highest BCUT2D eigenvalue weighted by molar-refractivity contribution is 5.76. The molecular formula is C14H21FN2O2. The molecule has 0 radical (unpaired) electrons. The summed E-state index contributed by atoms with van der Waals surface area (Å²) in [6, 6.07) is 5.91. The highest BCUT2D eigenvalue weighted by Crippen LogP contribution is 2.13. The molecule has 0 aliphatic rings. The van der Waals surface area contributed by atoms with Gasteiger partial charge in [-0.25, -0.2) is 4.39 Å². The Bertz CT molecular complexity index is 406. The zero-order valence-corrected chi connectivity index (χ0v) is 11.8. The van der Waals surface area contributed by atoms with Crippen LogP contribution >= 0.6 is 0 Å². The molecule has 106 valence electrons. The van der Waals surface area contributed by atoms with Gasteiger partial charge in [-0.2, -0.15) is 0 Å². The molecule has 0 saturated heterocycles. The number of nitrogens with zero attached hydrogens (tertiary/aromatic N) is 1. The van der Waals surface area contributed by atoms with E-state index in [1.807, 2.05) is 25.8 Å². The minimum absolute atomic E-state index is 0.172. The molecule has 0 aliphatic carbocycles.